The molecule has 0 radical (unpaired) electrons. The smallest absolute Gasteiger partial charge is 0.248 e. The number of halogens is 1. The molecule has 0 heterocycles. The largest absolute Gasteiger partial charge is 0.366 e. The van der Waals surface area contributed by atoms with E-state index in [2.05, 4.69) is 5.32 Å². The molecule has 1 aromatic rings. The molecule has 0 aromatic heterocycles. The van der Waals surface area contributed by atoms with Gasteiger partial charge in [0.25, 0.3) is 0 Å². The minimum Gasteiger partial charge on any atom is -0.366 e. The molecule has 1 aliphatic carbocycles. The fraction of sp³-hybridized carbons (Fsp3) is 0.429. The molecular weight excluding hydrogens is 278 g/mol. The van der Waals surface area contributed by atoms with E-state index in [0.717, 1.165) is 25.7 Å². The van der Waals surface area contributed by atoms with Crippen LogP contribution in [0, 0.1) is 5.92 Å². The second-order valence-corrected chi connectivity index (χ2v) is 5.57. The molecule has 1 aliphatic rings. The quantitative estimate of drug-likeness (QED) is 0.794. The number of nitrogens with one attached hydrogen (secondary N) is 1. The van der Waals surface area contributed by atoms with Gasteiger partial charge in [0.05, 0.1) is 10.7 Å². The number of carbonyl (C=O) groups excluding carboxylic acids is 2. The molecule has 0 unspecified atom stereocenters. The van der Waals surface area contributed by atoms with E-state index in [-0.39, 0.29) is 17.9 Å². The Bertz CT molecular complexity index is 525. The van der Waals surface area contributed by atoms with E-state index < -0.39 is 5.91 Å². The van der Waals surface area contributed by atoms with Crippen molar-refractivity contribution in [3.63, 3.8) is 0 Å². The predicted octanol–water partition coefficient (Wildman–Crippen LogP) is 1.89. The van der Waals surface area contributed by atoms with Crippen molar-refractivity contribution in [2.24, 2.45) is 17.4 Å². The lowest BCUT2D eigenvalue weighted by atomic mass is 9.86. The maximum atomic E-state index is 12.2. The molecule has 0 saturated heterocycles. The van der Waals surface area contributed by atoms with Gasteiger partial charge in [0.1, 0.15) is 0 Å². The SMILES string of the molecule is NC(=O)c1ccc(Cl)c(NC(=O)C2CCC(N)CC2)c1. The number of rotatable bonds is 3. The van der Waals surface area contributed by atoms with E-state index >= 15 is 0 Å². The van der Waals surface area contributed by atoms with Crippen LogP contribution in [-0.2, 0) is 4.79 Å². The van der Waals surface area contributed by atoms with Gasteiger partial charge in [-0.05, 0) is 43.9 Å². The Morgan fingerprint density at radius 3 is 2.45 bits per heavy atom. The van der Waals surface area contributed by atoms with Crippen molar-refractivity contribution in [3.8, 4) is 0 Å². The lowest BCUT2D eigenvalue weighted by Gasteiger charge is -2.25. The fourth-order valence-electron chi connectivity index (χ4n) is 2.39. The van der Waals surface area contributed by atoms with Crippen LogP contribution in [0.5, 0.6) is 0 Å². The zero-order chi connectivity index (χ0) is 14.7. The van der Waals surface area contributed by atoms with E-state index in [1.165, 1.54) is 12.1 Å². The molecule has 0 spiro atoms. The summed E-state index contributed by atoms with van der Waals surface area (Å²) in [5.74, 6) is -0.690. The Labute approximate surface area is 122 Å². The third-order valence-electron chi connectivity index (χ3n) is 3.65. The summed E-state index contributed by atoms with van der Waals surface area (Å²) in [6, 6.07) is 4.77. The first-order chi connectivity index (χ1) is 9.47. The highest BCUT2D eigenvalue weighted by molar-refractivity contribution is 6.33. The number of hydrogen-bond donors (Lipinski definition) is 3. The van der Waals surface area contributed by atoms with Crippen molar-refractivity contribution in [1.82, 2.24) is 0 Å². The number of benzene rings is 1. The van der Waals surface area contributed by atoms with Crippen molar-refractivity contribution in [1.29, 1.82) is 0 Å². The lowest BCUT2D eigenvalue weighted by Crippen LogP contribution is -2.32. The fourth-order valence-corrected chi connectivity index (χ4v) is 2.56. The Balaban J connectivity index is 2.07. The predicted molar refractivity (Wildman–Crippen MR) is 78.5 cm³/mol. The van der Waals surface area contributed by atoms with Gasteiger partial charge in [-0.15, -0.1) is 0 Å². The van der Waals surface area contributed by atoms with E-state index in [0.29, 0.717) is 16.3 Å². The molecule has 0 aliphatic heterocycles. The first-order valence-corrected chi connectivity index (χ1v) is 7.01. The summed E-state index contributed by atoms with van der Waals surface area (Å²) in [5.41, 5.74) is 11.8. The maximum Gasteiger partial charge on any atom is 0.248 e. The molecule has 5 N–H and O–H groups in total. The second-order valence-electron chi connectivity index (χ2n) is 5.16. The van der Waals surface area contributed by atoms with Gasteiger partial charge in [-0.3, -0.25) is 9.59 Å². The van der Waals surface area contributed by atoms with Crippen LogP contribution in [0.2, 0.25) is 5.02 Å². The van der Waals surface area contributed by atoms with Crippen molar-refractivity contribution < 1.29 is 9.59 Å². The van der Waals surface area contributed by atoms with E-state index in [1.54, 1.807) is 6.07 Å². The first kappa shape index (κ1) is 14.8. The summed E-state index contributed by atoms with van der Waals surface area (Å²) in [4.78, 5) is 23.3. The van der Waals surface area contributed by atoms with Gasteiger partial charge in [-0.25, -0.2) is 0 Å². The third-order valence-corrected chi connectivity index (χ3v) is 3.98. The van der Waals surface area contributed by atoms with Gasteiger partial charge in [-0.1, -0.05) is 11.6 Å². The number of amides is 2. The second kappa shape index (κ2) is 6.24. The Kier molecular flexibility index (Phi) is 4.62. The third kappa shape index (κ3) is 3.49. The summed E-state index contributed by atoms with van der Waals surface area (Å²) in [5, 5.41) is 3.16. The molecule has 6 heteroatoms. The van der Waals surface area contributed by atoms with E-state index in [1.807, 2.05) is 0 Å². The number of primary amides is 1. The Morgan fingerprint density at radius 1 is 1.20 bits per heavy atom. The molecule has 20 heavy (non-hydrogen) atoms. The summed E-state index contributed by atoms with van der Waals surface area (Å²) < 4.78 is 0. The van der Waals surface area contributed by atoms with Crippen LogP contribution in [0.4, 0.5) is 5.69 Å². The molecule has 108 valence electrons. The first-order valence-electron chi connectivity index (χ1n) is 6.63. The lowest BCUT2D eigenvalue weighted by molar-refractivity contribution is -0.120. The van der Waals surface area contributed by atoms with Gasteiger partial charge in [0, 0.05) is 17.5 Å². The summed E-state index contributed by atoms with van der Waals surface area (Å²) in [6.07, 6.45) is 3.26. The average molecular weight is 296 g/mol. The van der Waals surface area contributed by atoms with Crippen molar-refractivity contribution in [2.75, 3.05) is 5.32 Å². The van der Waals surface area contributed by atoms with Gasteiger partial charge < -0.3 is 16.8 Å². The zero-order valence-electron chi connectivity index (χ0n) is 11.1. The standard InChI is InChI=1S/C14H18ClN3O2/c15-11-6-3-9(13(17)19)7-12(11)18-14(20)8-1-4-10(16)5-2-8/h3,6-8,10H,1-2,4-5,16H2,(H2,17,19)(H,18,20). The van der Waals surface area contributed by atoms with Crippen LogP contribution < -0.4 is 16.8 Å². The van der Waals surface area contributed by atoms with Crippen LogP contribution in [0.15, 0.2) is 18.2 Å². The topological polar surface area (TPSA) is 98.2 Å². The van der Waals surface area contributed by atoms with Gasteiger partial charge in [-0.2, -0.15) is 0 Å². The Hall–Kier alpha value is -1.59. The zero-order valence-corrected chi connectivity index (χ0v) is 11.8. The molecule has 2 rings (SSSR count). The van der Waals surface area contributed by atoms with Crippen LogP contribution in [0.3, 0.4) is 0 Å². The van der Waals surface area contributed by atoms with Crippen molar-refractivity contribution in [3.05, 3.63) is 28.8 Å². The highest BCUT2D eigenvalue weighted by atomic mass is 35.5. The van der Waals surface area contributed by atoms with Gasteiger partial charge in [0.2, 0.25) is 11.8 Å². The van der Waals surface area contributed by atoms with Crippen LogP contribution in [0.25, 0.3) is 0 Å². The minimum absolute atomic E-state index is 0.0527. The molecule has 2 amide bonds. The molecule has 0 atom stereocenters. The molecular formula is C14H18ClN3O2. The molecule has 1 fully saturated rings. The van der Waals surface area contributed by atoms with E-state index in [4.69, 9.17) is 23.1 Å². The molecule has 1 aromatic carbocycles. The minimum atomic E-state index is -0.555. The highest BCUT2D eigenvalue weighted by Crippen LogP contribution is 2.27. The number of anilines is 1. The number of hydrogen-bond acceptors (Lipinski definition) is 3. The van der Waals surface area contributed by atoms with Gasteiger partial charge in [0.15, 0.2) is 0 Å². The Morgan fingerprint density at radius 2 is 1.85 bits per heavy atom. The van der Waals surface area contributed by atoms with Crippen LogP contribution >= 0.6 is 11.6 Å². The normalized spacial score (nSPS) is 22.3. The monoisotopic (exact) mass is 295 g/mol. The average Bonchev–Trinajstić information content (AvgIpc) is 2.41. The number of carbonyl (C=O) groups is 2. The van der Waals surface area contributed by atoms with Crippen LogP contribution in [0.1, 0.15) is 36.0 Å². The summed E-state index contributed by atoms with van der Waals surface area (Å²) in [7, 11) is 0. The molecule has 1 saturated carbocycles. The van der Waals surface area contributed by atoms with Crippen molar-refractivity contribution >= 4 is 29.1 Å². The summed E-state index contributed by atoms with van der Waals surface area (Å²) in [6.45, 7) is 0. The summed E-state index contributed by atoms with van der Waals surface area (Å²) >= 11 is 6.02. The maximum absolute atomic E-state index is 12.2. The number of nitrogens with two attached hydrogens (primary N) is 2. The van der Waals surface area contributed by atoms with E-state index in [9.17, 15) is 9.59 Å². The molecule has 5 nitrogen and oxygen atoms in total. The molecule has 0 bridgehead atoms. The highest BCUT2D eigenvalue weighted by Gasteiger charge is 2.25. The van der Waals surface area contributed by atoms with Gasteiger partial charge >= 0.3 is 0 Å². The van der Waals surface area contributed by atoms with Crippen molar-refractivity contribution in [2.45, 2.75) is 31.7 Å². The van der Waals surface area contributed by atoms with Crippen LogP contribution in [-0.4, -0.2) is 17.9 Å².